The number of anilines is 1. The zero-order valence-corrected chi connectivity index (χ0v) is 20.2. The number of hydrogen-bond acceptors (Lipinski definition) is 6. The van der Waals surface area contributed by atoms with Crippen molar-refractivity contribution in [2.24, 2.45) is 0 Å². The number of methoxy groups -OCH3 is 1. The lowest BCUT2D eigenvalue weighted by Crippen LogP contribution is -2.41. The molecule has 2 N–H and O–H groups in total. The number of ether oxygens (including phenoxy) is 1. The second-order valence-electron chi connectivity index (χ2n) is 8.17. The average molecular weight is 472 g/mol. The van der Waals surface area contributed by atoms with Crippen molar-refractivity contribution >= 4 is 27.5 Å². The Morgan fingerprint density at radius 3 is 2.24 bits per heavy atom. The quantitative estimate of drug-likeness (QED) is 0.508. The molecule has 0 spiro atoms. The largest absolute Gasteiger partial charge is 0.497 e. The molecule has 0 saturated heterocycles. The highest BCUT2D eigenvalue weighted by Crippen LogP contribution is 2.45. The van der Waals surface area contributed by atoms with E-state index in [1.165, 1.54) is 9.80 Å². The van der Waals surface area contributed by atoms with Gasteiger partial charge in [-0.3, -0.25) is 9.59 Å². The van der Waals surface area contributed by atoms with Crippen LogP contribution in [0.1, 0.15) is 29.1 Å². The highest BCUT2D eigenvalue weighted by molar-refractivity contribution is 8.32. The summed E-state index contributed by atoms with van der Waals surface area (Å²) in [7, 11) is 0.670. The lowest BCUT2D eigenvalue weighted by Gasteiger charge is -2.30. The van der Waals surface area contributed by atoms with Crippen LogP contribution in [0.4, 0.5) is 5.69 Å². The van der Waals surface area contributed by atoms with Gasteiger partial charge in [-0.1, -0.05) is 12.1 Å². The van der Waals surface area contributed by atoms with Crippen molar-refractivity contribution in [2.75, 3.05) is 37.7 Å². The van der Waals surface area contributed by atoms with E-state index in [0.29, 0.717) is 17.0 Å². The fraction of sp³-hybridized carbons (Fsp3) is 0.292. The minimum atomic E-state index is -0.950. The molecule has 0 saturated carbocycles. The lowest BCUT2D eigenvalue weighted by atomic mass is 10.0. The third-order valence-corrected chi connectivity index (χ3v) is 6.82. The minimum absolute atomic E-state index is 0.154. The molecule has 176 valence electrons. The van der Waals surface area contributed by atoms with Crippen LogP contribution in [-0.2, 0) is 4.79 Å². The minimum Gasteiger partial charge on any atom is -0.497 e. The summed E-state index contributed by atoms with van der Waals surface area (Å²) < 4.78 is 10.2. The van der Waals surface area contributed by atoms with E-state index in [2.05, 4.69) is 29.2 Å². The number of carbonyl (C=O) groups is 2. The Hall–Kier alpha value is -3.46. The standard InChI is InChI=1S/C24H29N3O5S/c1-6-27(24(30)20-15-21(28)26-32-20)22(16-7-11-18(31-2)12-8-16)23(29)25-17-9-13-19(14-10-17)33(3,4)5/h7-15,22H,6H2,1-5H3,(H,25,29)(H,26,28). The number of amides is 2. The summed E-state index contributed by atoms with van der Waals surface area (Å²) >= 11 is 0. The number of rotatable bonds is 8. The molecule has 1 unspecified atom stereocenters. The van der Waals surface area contributed by atoms with Crippen LogP contribution in [0, 0.1) is 0 Å². The summed E-state index contributed by atoms with van der Waals surface area (Å²) in [6.45, 7) is 1.98. The first kappa shape index (κ1) is 24.2. The van der Waals surface area contributed by atoms with Crippen LogP contribution < -0.4 is 10.1 Å². The lowest BCUT2D eigenvalue weighted by molar-refractivity contribution is -0.120. The third kappa shape index (κ3) is 5.67. The van der Waals surface area contributed by atoms with Gasteiger partial charge in [-0.25, -0.2) is 10.0 Å². The third-order valence-electron chi connectivity index (χ3n) is 5.13. The molecule has 9 heteroatoms. The van der Waals surface area contributed by atoms with Crippen molar-refractivity contribution in [3.63, 3.8) is 0 Å². The van der Waals surface area contributed by atoms with Crippen molar-refractivity contribution < 1.29 is 24.0 Å². The molecule has 0 bridgehead atoms. The molecule has 0 aliphatic rings. The van der Waals surface area contributed by atoms with E-state index in [9.17, 15) is 14.7 Å². The number of aromatic nitrogens is 1. The van der Waals surface area contributed by atoms with Crippen molar-refractivity contribution in [1.82, 2.24) is 10.1 Å². The summed E-state index contributed by atoms with van der Waals surface area (Å²) in [6.07, 6.45) is 6.60. The topological polar surface area (TPSA) is 105 Å². The van der Waals surface area contributed by atoms with Gasteiger partial charge in [0.2, 0.25) is 5.76 Å². The summed E-state index contributed by atoms with van der Waals surface area (Å²) in [5.74, 6) is -0.866. The van der Waals surface area contributed by atoms with Gasteiger partial charge in [-0.15, -0.1) is 0 Å². The van der Waals surface area contributed by atoms with Gasteiger partial charge in [0.25, 0.3) is 17.7 Å². The maximum Gasteiger partial charge on any atom is 0.293 e. The summed E-state index contributed by atoms with van der Waals surface area (Å²) in [6, 6.07) is 14.9. The van der Waals surface area contributed by atoms with Crippen LogP contribution in [0.25, 0.3) is 0 Å². The summed E-state index contributed by atoms with van der Waals surface area (Å²) in [4.78, 5) is 29.2. The number of hydrogen-bond donors (Lipinski definition) is 2. The van der Waals surface area contributed by atoms with Gasteiger partial charge in [0, 0.05) is 12.2 Å². The van der Waals surface area contributed by atoms with Crippen molar-refractivity contribution in [1.29, 1.82) is 0 Å². The van der Waals surface area contributed by atoms with Gasteiger partial charge >= 0.3 is 0 Å². The molecule has 33 heavy (non-hydrogen) atoms. The number of aromatic hydroxyl groups is 1. The Labute approximate surface area is 194 Å². The molecule has 0 fully saturated rings. The fourth-order valence-electron chi connectivity index (χ4n) is 3.37. The number of likely N-dealkylation sites (N-methyl/N-ethyl adjacent to an activating group) is 1. The Morgan fingerprint density at radius 1 is 1.12 bits per heavy atom. The molecule has 1 aromatic heterocycles. The van der Waals surface area contributed by atoms with Gasteiger partial charge in [0.15, 0.2) is 0 Å². The molecule has 3 rings (SSSR count). The van der Waals surface area contributed by atoms with E-state index in [4.69, 9.17) is 9.26 Å². The Bertz CT molecular complexity index is 1100. The smallest absolute Gasteiger partial charge is 0.293 e. The van der Waals surface area contributed by atoms with Crippen LogP contribution in [-0.4, -0.2) is 59.4 Å². The molecule has 1 heterocycles. The maximum absolute atomic E-state index is 13.5. The van der Waals surface area contributed by atoms with Crippen LogP contribution in [0.3, 0.4) is 0 Å². The fourth-order valence-corrected chi connectivity index (χ4v) is 4.32. The molecular weight excluding hydrogens is 442 g/mol. The highest BCUT2D eigenvalue weighted by Gasteiger charge is 2.33. The second-order valence-corrected chi connectivity index (χ2v) is 12.3. The molecule has 3 aromatic rings. The van der Waals surface area contributed by atoms with Gasteiger partial charge in [0.1, 0.15) is 11.8 Å². The Balaban J connectivity index is 1.94. The van der Waals surface area contributed by atoms with Crippen molar-refractivity contribution in [3.8, 4) is 11.6 Å². The molecule has 1 atom stereocenters. The van der Waals surface area contributed by atoms with Crippen molar-refractivity contribution in [2.45, 2.75) is 17.9 Å². The van der Waals surface area contributed by atoms with Gasteiger partial charge in [0.05, 0.1) is 13.2 Å². The van der Waals surface area contributed by atoms with Gasteiger partial charge in [-0.05, 0) is 77.7 Å². The Kier molecular flexibility index (Phi) is 7.33. The number of nitrogens with one attached hydrogen (secondary N) is 1. The molecular formula is C24H29N3O5S. The average Bonchev–Trinajstić information content (AvgIpc) is 3.23. The maximum atomic E-state index is 13.5. The first-order chi connectivity index (χ1) is 15.6. The van der Waals surface area contributed by atoms with Crippen LogP contribution in [0.2, 0.25) is 0 Å². The van der Waals surface area contributed by atoms with Crippen LogP contribution in [0.15, 0.2) is 64.0 Å². The van der Waals surface area contributed by atoms with Crippen molar-refractivity contribution in [3.05, 3.63) is 65.9 Å². The number of benzene rings is 2. The molecule has 8 nitrogen and oxygen atoms in total. The molecule has 0 aliphatic carbocycles. The SMILES string of the molecule is CCN(C(=O)c1cc(O)no1)C(C(=O)Nc1ccc(S(C)(C)C)cc1)c1ccc(OC)cc1. The zero-order chi connectivity index (χ0) is 24.2. The van der Waals surface area contributed by atoms with E-state index >= 15 is 0 Å². The summed E-state index contributed by atoms with van der Waals surface area (Å²) in [5, 5.41) is 15.8. The first-order valence-corrected chi connectivity index (χ1v) is 13.2. The van der Waals surface area contributed by atoms with E-state index in [0.717, 1.165) is 6.07 Å². The molecule has 0 aliphatic heterocycles. The second kappa shape index (κ2) is 9.99. The summed E-state index contributed by atoms with van der Waals surface area (Å²) in [5.41, 5.74) is 1.23. The predicted molar refractivity (Wildman–Crippen MR) is 129 cm³/mol. The number of carbonyl (C=O) groups excluding carboxylic acids is 2. The highest BCUT2D eigenvalue weighted by atomic mass is 32.3. The molecule has 0 radical (unpaired) electrons. The van der Waals surface area contributed by atoms with E-state index in [-0.39, 0.29) is 18.2 Å². The predicted octanol–water partition coefficient (Wildman–Crippen LogP) is 4.28. The Morgan fingerprint density at radius 2 is 1.76 bits per heavy atom. The molecule has 2 aromatic carbocycles. The zero-order valence-electron chi connectivity index (χ0n) is 19.4. The van der Waals surface area contributed by atoms with E-state index in [1.54, 1.807) is 38.3 Å². The van der Waals surface area contributed by atoms with E-state index in [1.807, 2.05) is 24.3 Å². The van der Waals surface area contributed by atoms with Crippen LogP contribution in [0.5, 0.6) is 11.6 Å². The number of nitrogens with zero attached hydrogens (tertiary/aromatic N) is 2. The first-order valence-electron chi connectivity index (χ1n) is 10.3. The molecule has 2 amide bonds. The van der Waals surface area contributed by atoms with Gasteiger partial charge in [-0.2, -0.15) is 0 Å². The monoisotopic (exact) mass is 471 g/mol. The van der Waals surface area contributed by atoms with Gasteiger partial charge < -0.3 is 24.6 Å². The van der Waals surface area contributed by atoms with Crippen LogP contribution >= 0.6 is 10.0 Å². The van der Waals surface area contributed by atoms with E-state index < -0.39 is 27.9 Å². The normalized spacial score (nSPS) is 12.6.